The Hall–Kier alpha value is -5.23. The Kier molecular flexibility index (Phi) is 8.97. The van der Waals surface area contributed by atoms with Crippen molar-refractivity contribution in [2.45, 2.75) is 56.3 Å². The van der Waals surface area contributed by atoms with E-state index in [1.807, 2.05) is 66.7 Å². The molecule has 3 aromatic rings. The second-order valence-electron chi connectivity index (χ2n) is 11.6. The lowest BCUT2D eigenvalue weighted by Gasteiger charge is -2.47. The number of benzene rings is 3. The highest BCUT2D eigenvalue weighted by Crippen LogP contribution is 2.25. The first-order valence-corrected chi connectivity index (χ1v) is 15.2. The molecule has 0 saturated carbocycles. The monoisotopic (exact) mass is 626 g/mol. The molecule has 46 heavy (non-hydrogen) atoms. The maximum Gasteiger partial charge on any atom is 0.410 e. The minimum absolute atomic E-state index is 0.0246. The van der Waals surface area contributed by atoms with Crippen molar-refractivity contribution in [3.8, 4) is 0 Å². The summed E-state index contributed by atoms with van der Waals surface area (Å²) < 4.78 is 10.3. The molecule has 6 rings (SSSR count). The minimum Gasteiger partial charge on any atom is -0.445 e. The number of esters is 1. The molecule has 12 nitrogen and oxygen atoms in total. The van der Waals surface area contributed by atoms with E-state index in [-0.39, 0.29) is 32.5 Å². The summed E-state index contributed by atoms with van der Waals surface area (Å²) >= 11 is 0. The van der Waals surface area contributed by atoms with Crippen LogP contribution in [0.4, 0.5) is 4.79 Å². The predicted octanol–water partition coefficient (Wildman–Crippen LogP) is 2.26. The number of fused-ring (bicyclic) bond motifs is 2. The number of nitrogens with one attached hydrogen (secondary N) is 2. The maximum absolute atomic E-state index is 14.2. The standard InChI is InChI=1S/C34H34N4O8/c39-29-17-27(33(43)46-29)36-31(41)28-19-37(34(44)45-20-21-8-2-1-3-9-21)18-25-12-6-7-13-26(32(42)38(25)28)35-30(40)24-15-14-22-10-4-5-11-23(22)16-24/h1-11,14-16,25-28,33,43H,12-13,17-20H2,(H,35,40)(H,36,41)/b7-6-/t25-,26-,27-,28-,33?/m0/s1. The van der Waals surface area contributed by atoms with Crippen LogP contribution in [-0.4, -0.2) is 88.2 Å². The molecule has 3 N–H and O–H groups in total. The molecular weight excluding hydrogens is 592 g/mol. The molecule has 4 amide bonds. The van der Waals surface area contributed by atoms with Gasteiger partial charge in [0.15, 0.2) is 0 Å². The molecular formula is C34H34N4O8. The summed E-state index contributed by atoms with van der Waals surface area (Å²) in [6.07, 6.45) is 1.77. The number of hydrogen-bond donors (Lipinski definition) is 3. The van der Waals surface area contributed by atoms with Gasteiger partial charge in [-0.3, -0.25) is 19.2 Å². The fraction of sp³-hybridized carbons (Fsp3) is 0.324. The highest BCUT2D eigenvalue weighted by atomic mass is 16.6. The van der Waals surface area contributed by atoms with Crippen LogP contribution in [0.2, 0.25) is 0 Å². The van der Waals surface area contributed by atoms with Crippen LogP contribution >= 0.6 is 0 Å². The van der Waals surface area contributed by atoms with E-state index in [1.54, 1.807) is 18.2 Å². The topological polar surface area (TPSA) is 155 Å². The van der Waals surface area contributed by atoms with Crippen LogP contribution in [0.5, 0.6) is 0 Å². The van der Waals surface area contributed by atoms with Gasteiger partial charge in [-0.25, -0.2) is 4.79 Å². The van der Waals surface area contributed by atoms with Gasteiger partial charge in [0.1, 0.15) is 24.7 Å². The van der Waals surface area contributed by atoms with Crippen LogP contribution in [0, 0.1) is 0 Å². The number of aliphatic hydroxyl groups is 1. The van der Waals surface area contributed by atoms with Crippen LogP contribution in [0.15, 0.2) is 84.9 Å². The quantitative estimate of drug-likeness (QED) is 0.278. The van der Waals surface area contributed by atoms with Gasteiger partial charge in [-0.1, -0.05) is 72.8 Å². The third kappa shape index (κ3) is 6.71. The highest BCUT2D eigenvalue weighted by molar-refractivity contribution is 6.01. The Morgan fingerprint density at radius 2 is 1.63 bits per heavy atom. The number of piperazine rings is 1. The van der Waals surface area contributed by atoms with Crippen LogP contribution in [0.25, 0.3) is 10.8 Å². The zero-order valence-corrected chi connectivity index (χ0v) is 24.9. The smallest absolute Gasteiger partial charge is 0.410 e. The van der Waals surface area contributed by atoms with Crippen molar-refractivity contribution in [2.75, 3.05) is 13.1 Å². The Morgan fingerprint density at radius 1 is 0.891 bits per heavy atom. The highest BCUT2D eigenvalue weighted by Gasteiger charge is 2.46. The number of aliphatic hydroxyl groups excluding tert-OH is 1. The number of hydrogen-bond acceptors (Lipinski definition) is 8. The first-order valence-electron chi connectivity index (χ1n) is 15.2. The van der Waals surface area contributed by atoms with Crippen LogP contribution < -0.4 is 10.6 Å². The number of amides is 4. The molecule has 12 heteroatoms. The number of carbonyl (C=O) groups is 5. The van der Waals surface area contributed by atoms with Crippen molar-refractivity contribution in [2.24, 2.45) is 0 Å². The fourth-order valence-corrected chi connectivity index (χ4v) is 6.06. The van der Waals surface area contributed by atoms with Gasteiger partial charge in [0.25, 0.3) is 5.91 Å². The summed E-state index contributed by atoms with van der Waals surface area (Å²) in [7, 11) is 0. The largest absolute Gasteiger partial charge is 0.445 e. The zero-order valence-electron chi connectivity index (χ0n) is 24.9. The zero-order chi connectivity index (χ0) is 32.2. The van der Waals surface area contributed by atoms with Crippen LogP contribution in [0.3, 0.4) is 0 Å². The first-order chi connectivity index (χ1) is 22.3. The predicted molar refractivity (Wildman–Crippen MR) is 165 cm³/mol. The van der Waals surface area contributed by atoms with Gasteiger partial charge >= 0.3 is 12.1 Å². The Balaban J connectivity index is 1.24. The van der Waals surface area contributed by atoms with E-state index in [1.165, 1.54) is 9.80 Å². The average Bonchev–Trinajstić information content (AvgIpc) is 3.39. The van der Waals surface area contributed by atoms with Gasteiger partial charge in [0.05, 0.1) is 19.0 Å². The minimum atomic E-state index is -1.54. The molecule has 0 bridgehead atoms. The summed E-state index contributed by atoms with van der Waals surface area (Å²) in [4.78, 5) is 69.1. The molecule has 1 unspecified atom stereocenters. The van der Waals surface area contributed by atoms with E-state index < -0.39 is 60.2 Å². The van der Waals surface area contributed by atoms with Crippen LogP contribution in [0.1, 0.15) is 35.2 Å². The molecule has 3 aliphatic heterocycles. The summed E-state index contributed by atoms with van der Waals surface area (Å²) in [6.45, 7) is -0.0856. The molecule has 3 heterocycles. The fourth-order valence-electron chi connectivity index (χ4n) is 6.06. The molecule has 0 radical (unpaired) electrons. The van der Waals surface area contributed by atoms with E-state index in [4.69, 9.17) is 9.47 Å². The van der Waals surface area contributed by atoms with Crippen molar-refractivity contribution in [3.63, 3.8) is 0 Å². The second-order valence-corrected chi connectivity index (χ2v) is 11.6. The lowest BCUT2D eigenvalue weighted by molar-refractivity contribution is -0.156. The molecule has 2 fully saturated rings. The van der Waals surface area contributed by atoms with Gasteiger partial charge in [0, 0.05) is 12.1 Å². The van der Waals surface area contributed by atoms with Crippen molar-refractivity contribution in [1.29, 1.82) is 0 Å². The van der Waals surface area contributed by atoms with Crippen molar-refractivity contribution in [1.82, 2.24) is 20.4 Å². The number of ether oxygens (including phenoxy) is 2. The van der Waals surface area contributed by atoms with E-state index in [0.29, 0.717) is 12.0 Å². The number of rotatable bonds is 6. The summed E-state index contributed by atoms with van der Waals surface area (Å²) in [6, 6.07) is 18.2. The summed E-state index contributed by atoms with van der Waals surface area (Å²) in [5.41, 5.74) is 1.17. The number of cyclic esters (lactones) is 1. The van der Waals surface area contributed by atoms with E-state index in [9.17, 15) is 29.1 Å². The molecule has 3 aromatic carbocycles. The molecule has 2 saturated heterocycles. The maximum atomic E-state index is 14.2. The van der Waals surface area contributed by atoms with Crippen molar-refractivity contribution in [3.05, 3.63) is 96.1 Å². The normalized spacial score (nSPS) is 25.1. The number of carbonyl (C=O) groups excluding carboxylic acids is 5. The SMILES string of the molecule is O=C1C[C@H](NC(=O)[C@@H]2CN(C(=O)OCc3ccccc3)C[C@@H]3C/C=C\C[C@H](NC(=O)c4ccc5ccccc5c4)C(=O)N32)C(O)O1. The Bertz CT molecular complexity index is 1680. The van der Waals surface area contributed by atoms with Crippen molar-refractivity contribution >= 4 is 40.6 Å². The molecule has 0 aliphatic carbocycles. The van der Waals surface area contributed by atoms with Gasteiger partial charge < -0.3 is 35.0 Å². The van der Waals surface area contributed by atoms with E-state index in [0.717, 1.165) is 16.3 Å². The molecule has 0 aromatic heterocycles. The summed E-state index contributed by atoms with van der Waals surface area (Å²) in [5, 5.41) is 17.4. The van der Waals surface area contributed by atoms with Gasteiger partial charge in [0.2, 0.25) is 18.1 Å². The third-order valence-electron chi connectivity index (χ3n) is 8.45. The van der Waals surface area contributed by atoms with Gasteiger partial charge in [-0.05, 0) is 41.3 Å². The third-order valence-corrected chi connectivity index (χ3v) is 8.45. The summed E-state index contributed by atoms with van der Waals surface area (Å²) in [5.74, 6) is -2.27. The second kappa shape index (κ2) is 13.4. The van der Waals surface area contributed by atoms with E-state index in [2.05, 4.69) is 10.6 Å². The number of nitrogens with zero attached hydrogens (tertiary/aromatic N) is 2. The lowest BCUT2D eigenvalue weighted by atomic mass is 9.96. The van der Waals surface area contributed by atoms with Gasteiger partial charge in [-0.2, -0.15) is 0 Å². The van der Waals surface area contributed by atoms with Crippen molar-refractivity contribution < 1.29 is 38.6 Å². The lowest BCUT2D eigenvalue weighted by Crippen LogP contribution is -2.68. The van der Waals surface area contributed by atoms with Gasteiger partial charge in [-0.15, -0.1) is 0 Å². The Morgan fingerprint density at radius 3 is 2.39 bits per heavy atom. The molecule has 3 aliphatic rings. The molecule has 238 valence electrons. The van der Waals surface area contributed by atoms with E-state index >= 15 is 0 Å². The Labute approximate surface area is 264 Å². The molecule has 0 spiro atoms. The average molecular weight is 627 g/mol. The van der Waals surface area contributed by atoms with Crippen LogP contribution in [-0.2, 0) is 30.5 Å². The first kappa shape index (κ1) is 30.8. The molecule has 5 atom stereocenters.